The minimum atomic E-state index is -1.56. The third kappa shape index (κ3) is 1.93. The second kappa shape index (κ2) is 5.20. The summed E-state index contributed by atoms with van der Waals surface area (Å²) in [5.41, 5.74) is -1.32. The molecular weight excluding hydrogens is 309 g/mol. The smallest absolute Gasteiger partial charge is 0.176 e. The van der Waals surface area contributed by atoms with E-state index in [-0.39, 0.29) is 28.2 Å². The van der Waals surface area contributed by atoms with Crippen LogP contribution in [0, 0.1) is 24.1 Å². The van der Waals surface area contributed by atoms with Crippen molar-refractivity contribution in [2.75, 3.05) is 0 Å². The average Bonchev–Trinajstić information content (AvgIpc) is 2.97. The lowest BCUT2D eigenvalue weighted by Gasteiger charge is -2.27. The molecule has 0 spiro atoms. The van der Waals surface area contributed by atoms with Crippen LogP contribution in [-0.4, -0.2) is 31.3 Å². The molecule has 7 heteroatoms. The van der Waals surface area contributed by atoms with E-state index in [1.807, 2.05) is 13.8 Å². The van der Waals surface area contributed by atoms with Crippen LogP contribution in [0.25, 0.3) is 11.0 Å². The molecule has 0 unspecified atom stereocenters. The van der Waals surface area contributed by atoms with Gasteiger partial charge in [0.05, 0.1) is 11.5 Å². The summed E-state index contributed by atoms with van der Waals surface area (Å²) in [4.78, 5) is 7.82. The first-order valence-electron chi connectivity index (χ1n) is 6.96. The van der Waals surface area contributed by atoms with Crippen molar-refractivity contribution < 1.29 is 14.2 Å². The van der Waals surface area contributed by atoms with Crippen molar-refractivity contribution in [3.63, 3.8) is 0 Å². The molecule has 2 aromatic heterocycles. The number of ether oxygens (including phenoxy) is 1. The van der Waals surface area contributed by atoms with Crippen LogP contribution in [0.4, 0.5) is 4.39 Å². The van der Waals surface area contributed by atoms with Gasteiger partial charge < -0.3 is 9.84 Å². The molecule has 0 amide bonds. The summed E-state index contributed by atoms with van der Waals surface area (Å²) in [6, 6.07) is 0. The minimum Gasteiger partial charge on any atom is -0.373 e. The Morgan fingerprint density at radius 3 is 2.95 bits per heavy atom. The molecule has 2 aromatic rings. The first-order valence-corrected chi connectivity index (χ1v) is 7.34. The van der Waals surface area contributed by atoms with Crippen molar-refractivity contribution in [1.29, 1.82) is 0 Å². The SMILES string of the molecule is C#C[C@@]1(O)[C@H](C)[C@@H](CC)O[C@H]1n1cc(F)c2c(Cl)ncnc21. The highest BCUT2D eigenvalue weighted by Gasteiger charge is 2.53. The number of hydrogen-bond donors (Lipinski definition) is 1. The van der Waals surface area contributed by atoms with Crippen LogP contribution in [0.2, 0.25) is 5.15 Å². The van der Waals surface area contributed by atoms with E-state index in [2.05, 4.69) is 15.9 Å². The molecule has 4 atom stereocenters. The molecule has 116 valence electrons. The Balaban J connectivity index is 2.20. The Hall–Kier alpha value is -1.68. The maximum absolute atomic E-state index is 14.2. The third-order valence-corrected chi connectivity index (χ3v) is 4.62. The lowest BCUT2D eigenvalue weighted by molar-refractivity contribution is -0.0628. The van der Waals surface area contributed by atoms with E-state index in [9.17, 15) is 9.50 Å². The van der Waals surface area contributed by atoms with Crippen molar-refractivity contribution in [2.24, 2.45) is 5.92 Å². The van der Waals surface area contributed by atoms with Crippen LogP contribution in [0.5, 0.6) is 0 Å². The largest absolute Gasteiger partial charge is 0.373 e. The van der Waals surface area contributed by atoms with Gasteiger partial charge >= 0.3 is 0 Å². The summed E-state index contributed by atoms with van der Waals surface area (Å²) in [5, 5.41) is 10.9. The molecule has 1 N–H and O–H groups in total. The van der Waals surface area contributed by atoms with Crippen molar-refractivity contribution in [3.05, 3.63) is 23.5 Å². The van der Waals surface area contributed by atoms with E-state index in [1.54, 1.807) is 0 Å². The molecule has 1 fully saturated rings. The van der Waals surface area contributed by atoms with Gasteiger partial charge in [-0.25, -0.2) is 14.4 Å². The standard InChI is InChI=1S/C15H15ClFN3O2/c1-4-10-8(3)15(21,5-2)14(22-10)20-6-9(17)11-12(16)18-7-19-13(11)20/h2,6-8,10,14,21H,4H2,1,3H3/t8-,10-,14-,15-/m1/s1. The average molecular weight is 324 g/mol. The van der Waals surface area contributed by atoms with Gasteiger partial charge in [0.15, 0.2) is 17.6 Å². The molecular formula is C15H15ClFN3O2. The topological polar surface area (TPSA) is 60.2 Å². The predicted molar refractivity (Wildman–Crippen MR) is 79.6 cm³/mol. The molecule has 1 saturated heterocycles. The molecule has 3 rings (SSSR count). The zero-order chi connectivity index (χ0) is 16.1. The first-order chi connectivity index (χ1) is 10.4. The second-order valence-electron chi connectivity index (χ2n) is 5.44. The van der Waals surface area contributed by atoms with E-state index in [0.717, 1.165) is 0 Å². The highest BCUT2D eigenvalue weighted by atomic mass is 35.5. The van der Waals surface area contributed by atoms with Crippen LogP contribution in [0.1, 0.15) is 26.5 Å². The van der Waals surface area contributed by atoms with Crippen molar-refractivity contribution in [2.45, 2.75) is 38.2 Å². The number of fused-ring (bicyclic) bond motifs is 1. The van der Waals surface area contributed by atoms with Crippen LogP contribution in [0.15, 0.2) is 12.5 Å². The predicted octanol–water partition coefficient (Wildman–Crippen LogP) is 2.53. The van der Waals surface area contributed by atoms with Gasteiger partial charge in [0.25, 0.3) is 0 Å². The maximum Gasteiger partial charge on any atom is 0.176 e. The monoisotopic (exact) mass is 323 g/mol. The molecule has 22 heavy (non-hydrogen) atoms. The fourth-order valence-corrected chi connectivity index (χ4v) is 3.23. The normalized spacial score (nSPS) is 31.5. The molecule has 0 radical (unpaired) electrons. The van der Waals surface area contributed by atoms with Crippen molar-refractivity contribution in [3.8, 4) is 12.3 Å². The number of nitrogens with zero attached hydrogens (tertiary/aromatic N) is 3. The Labute approximate surface area is 132 Å². The molecule has 5 nitrogen and oxygen atoms in total. The van der Waals surface area contributed by atoms with Gasteiger partial charge in [0, 0.05) is 12.1 Å². The fourth-order valence-electron chi connectivity index (χ4n) is 3.01. The van der Waals surface area contributed by atoms with Gasteiger partial charge in [-0.05, 0) is 6.42 Å². The maximum atomic E-state index is 14.2. The summed E-state index contributed by atoms with van der Waals surface area (Å²) in [5.74, 6) is 1.51. The Bertz CT molecular complexity index is 772. The number of aromatic nitrogens is 3. The fraction of sp³-hybridized carbons (Fsp3) is 0.467. The van der Waals surface area contributed by atoms with E-state index >= 15 is 0 Å². The number of aliphatic hydroxyl groups is 1. The highest BCUT2D eigenvalue weighted by Crippen LogP contribution is 2.44. The van der Waals surface area contributed by atoms with Gasteiger partial charge in [-0.1, -0.05) is 31.4 Å². The third-order valence-electron chi connectivity index (χ3n) is 4.34. The van der Waals surface area contributed by atoms with Gasteiger partial charge in [0.1, 0.15) is 17.1 Å². The second-order valence-corrected chi connectivity index (χ2v) is 5.80. The highest BCUT2D eigenvalue weighted by molar-refractivity contribution is 6.34. The Morgan fingerprint density at radius 2 is 2.32 bits per heavy atom. The quantitative estimate of drug-likeness (QED) is 0.681. The first kappa shape index (κ1) is 15.2. The molecule has 0 aliphatic carbocycles. The Kier molecular flexibility index (Phi) is 3.60. The van der Waals surface area contributed by atoms with Gasteiger partial charge in [-0.3, -0.25) is 4.57 Å². The number of hydrogen-bond acceptors (Lipinski definition) is 4. The molecule has 3 heterocycles. The van der Waals surface area contributed by atoms with Gasteiger partial charge in [-0.15, -0.1) is 6.42 Å². The molecule has 0 saturated carbocycles. The van der Waals surface area contributed by atoms with E-state index in [1.165, 1.54) is 17.1 Å². The minimum absolute atomic E-state index is 0.00332. The van der Waals surface area contributed by atoms with Crippen molar-refractivity contribution >= 4 is 22.6 Å². The van der Waals surface area contributed by atoms with Gasteiger partial charge in [-0.2, -0.15) is 0 Å². The number of terminal acetylenes is 1. The Morgan fingerprint density at radius 1 is 1.59 bits per heavy atom. The van der Waals surface area contributed by atoms with Crippen LogP contribution < -0.4 is 0 Å². The van der Waals surface area contributed by atoms with Crippen LogP contribution >= 0.6 is 11.6 Å². The lowest BCUT2D eigenvalue weighted by atomic mass is 9.86. The van der Waals surface area contributed by atoms with Crippen molar-refractivity contribution in [1.82, 2.24) is 14.5 Å². The zero-order valence-corrected chi connectivity index (χ0v) is 12.9. The van der Waals surface area contributed by atoms with Gasteiger partial charge in [0.2, 0.25) is 0 Å². The summed E-state index contributed by atoms with van der Waals surface area (Å²) in [6.07, 6.45) is 7.46. The number of halogens is 2. The zero-order valence-electron chi connectivity index (χ0n) is 12.1. The number of rotatable bonds is 2. The lowest BCUT2D eigenvalue weighted by Crippen LogP contribution is -2.39. The van der Waals surface area contributed by atoms with Crippen LogP contribution in [-0.2, 0) is 4.74 Å². The van der Waals surface area contributed by atoms with E-state index in [4.69, 9.17) is 22.8 Å². The summed E-state index contributed by atoms with van der Waals surface area (Å²) in [6.45, 7) is 3.76. The van der Waals surface area contributed by atoms with Crippen LogP contribution in [0.3, 0.4) is 0 Å². The molecule has 0 aromatic carbocycles. The molecule has 0 bridgehead atoms. The summed E-state index contributed by atoms with van der Waals surface area (Å²) in [7, 11) is 0. The molecule has 1 aliphatic rings. The summed E-state index contributed by atoms with van der Waals surface area (Å²) < 4.78 is 21.4. The van der Waals surface area contributed by atoms with E-state index < -0.39 is 17.6 Å². The summed E-state index contributed by atoms with van der Waals surface area (Å²) >= 11 is 5.92. The molecule has 1 aliphatic heterocycles. The van der Waals surface area contributed by atoms with E-state index in [0.29, 0.717) is 6.42 Å².